The number of pyridine rings is 1. The Bertz CT molecular complexity index is 764. The van der Waals surface area contributed by atoms with Gasteiger partial charge in [-0.2, -0.15) is 0 Å². The third-order valence-electron chi connectivity index (χ3n) is 5.12. The first-order valence-corrected chi connectivity index (χ1v) is 10.2. The van der Waals surface area contributed by atoms with Crippen LogP contribution in [0.3, 0.4) is 0 Å². The molecule has 0 amide bonds. The molecule has 2 N–H and O–H groups in total. The lowest BCUT2D eigenvalue weighted by Gasteiger charge is -2.19. The highest BCUT2D eigenvalue weighted by atomic mass is 31.0. The van der Waals surface area contributed by atoms with E-state index in [2.05, 4.69) is 69.5 Å². The highest BCUT2D eigenvalue weighted by Crippen LogP contribution is 2.28. The Morgan fingerprint density at radius 1 is 1.26 bits per heavy atom. The quantitative estimate of drug-likeness (QED) is 0.590. The van der Waals surface area contributed by atoms with Gasteiger partial charge in [-0.25, -0.2) is 4.98 Å². The summed E-state index contributed by atoms with van der Waals surface area (Å²) in [5.74, 6) is 2.07. The number of rotatable bonds is 7. The molecular weight excluding hydrogens is 349 g/mol. The van der Waals surface area contributed by atoms with Crippen LogP contribution in [0, 0.1) is 5.92 Å². The van der Waals surface area contributed by atoms with E-state index in [0.717, 1.165) is 40.5 Å². The van der Waals surface area contributed by atoms with Gasteiger partial charge < -0.3 is 10.6 Å². The van der Waals surface area contributed by atoms with Gasteiger partial charge in [0.05, 0.1) is 0 Å². The van der Waals surface area contributed by atoms with Gasteiger partial charge in [0.2, 0.25) is 0 Å². The summed E-state index contributed by atoms with van der Waals surface area (Å²) in [5, 5.41) is 8.12. The van der Waals surface area contributed by atoms with Crippen LogP contribution in [0.2, 0.25) is 0 Å². The lowest BCUT2D eigenvalue weighted by Crippen LogP contribution is -2.20. The smallest absolute Gasteiger partial charge is 0.130 e. The van der Waals surface area contributed by atoms with Gasteiger partial charge in [-0.3, -0.25) is 0 Å². The van der Waals surface area contributed by atoms with E-state index in [1.54, 1.807) is 0 Å². The maximum absolute atomic E-state index is 4.63. The molecule has 0 bridgehead atoms. The van der Waals surface area contributed by atoms with Gasteiger partial charge in [0.15, 0.2) is 0 Å². The Morgan fingerprint density at radius 2 is 2.00 bits per heavy atom. The van der Waals surface area contributed by atoms with E-state index in [1.165, 1.54) is 31.2 Å². The van der Waals surface area contributed by atoms with Crippen LogP contribution in [0.4, 0.5) is 11.5 Å². The fraction of sp³-hybridized carbons (Fsp3) is 0.435. The highest BCUT2D eigenvalue weighted by Gasteiger charge is 2.16. The van der Waals surface area contributed by atoms with E-state index in [0.29, 0.717) is 5.92 Å². The topological polar surface area (TPSA) is 37.0 Å². The Labute approximate surface area is 167 Å². The van der Waals surface area contributed by atoms with Gasteiger partial charge in [-0.05, 0) is 53.7 Å². The van der Waals surface area contributed by atoms with Gasteiger partial charge in [0.25, 0.3) is 0 Å². The minimum Gasteiger partial charge on any atom is -0.385 e. The Kier molecular flexibility index (Phi) is 7.86. The first-order valence-electron chi connectivity index (χ1n) is 9.58. The van der Waals surface area contributed by atoms with E-state index in [1.807, 2.05) is 12.3 Å². The van der Waals surface area contributed by atoms with Gasteiger partial charge in [0.1, 0.15) is 5.82 Å². The fourth-order valence-electron chi connectivity index (χ4n) is 3.61. The molecule has 27 heavy (non-hydrogen) atoms. The molecule has 3 rings (SSSR count). The molecule has 1 heterocycles. The molecule has 1 unspecified atom stereocenters. The number of hydrogen-bond acceptors (Lipinski definition) is 3. The summed E-state index contributed by atoms with van der Waals surface area (Å²) in [7, 11) is 2.73. The number of nitrogens with zero attached hydrogens (tertiary/aromatic N) is 1. The largest absolute Gasteiger partial charge is 0.385 e. The van der Waals surface area contributed by atoms with E-state index < -0.39 is 0 Å². The van der Waals surface area contributed by atoms with Gasteiger partial charge >= 0.3 is 0 Å². The zero-order valence-electron chi connectivity index (χ0n) is 15.9. The molecular formula is C23H34N3P. The van der Waals surface area contributed by atoms with Crippen LogP contribution in [0.1, 0.15) is 64.0 Å². The van der Waals surface area contributed by atoms with Gasteiger partial charge in [0, 0.05) is 29.7 Å². The first-order chi connectivity index (χ1) is 12.5. The first kappa shape index (κ1) is 21.4. The predicted molar refractivity (Wildman–Crippen MR) is 123 cm³/mol. The molecule has 1 saturated carbocycles. The zero-order chi connectivity index (χ0) is 18.5. The standard InChI is InChI=1S/C22H30N3P.CH4/c1-15(2)20-12-22(25-18-9-6-10-19(26)11-18)24-14-21(20)16(3)23-13-17-7-4-5-8-17;/h6,9-12,14-15,17,23H,3-5,7-8,13,26H2,1-2H3,(H,24,25);1H4. The summed E-state index contributed by atoms with van der Waals surface area (Å²) in [6, 6.07) is 10.4. The maximum Gasteiger partial charge on any atom is 0.130 e. The van der Waals surface area contributed by atoms with Crippen LogP contribution in [0.15, 0.2) is 43.1 Å². The van der Waals surface area contributed by atoms with Crippen LogP contribution >= 0.6 is 9.24 Å². The molecule has 0 spiro atoms. The van der Waals surface area contributed by atoms with Crippen molar-refractivity contribution in [1.82, 2.24) is 10.3 Å². The van der Waals surface area contributed by atoms with Crippen molar-refractivity contribution >= 4 is 31.7 Å². The fourth-order valence-corrected chi connectivity index (χ4v) is 3.90. The normalized spacial score (nSPS) is 14.1. The zero-order valence-corrected chi connectivity index (χ0v) is 17.0. The van der Waals surface area contributed by atoms with E-state index in [9.17, 15) is 0 Å². The predicted octanol–water partition coefficient (Wildman–Crippen LogP) is 5.84. The average Bonchev–Trinajstić information content (AvgIpc) is 3.13. The second kappa shape index (κ2) is 9.90. The van der Waals surface area contributed by atoms with Crippen LogP contribution in [0.25, 0.3) is 5.70 Å². The van der Waals surface area contributed by atoms with Gasteiger partial charge in [-0.1, -0.05) is 52.8 Å². The second-order valence-corrected chi connectivity index (χ2v) is 8.24. The van der Waals surface area contributed by atoms with Crippen molar-refractivity contribution in [3.63, 3.8) is 0 Å². The molecule has 0 radical (unpaired) electrons. The SMILES string of the molecule is C.C=C(NCC1CCCC1)c1cnc(Nc2cccc(P)c2)cc1C(C)C. The van der Waals surface area contributed by atoms with Crippen molar-refractivity contribution in [2.75, 3.05) is 11.9 Å². The van der Waals surface area contributed by atoms with E-state index in [-0.39, 0.29) is 7.43 Å². The summed E-state index contributed by atoms with van der Waals surface area (Å²) in [4.78, 5) is 4.63. The minimum absolute atomic E-state index is 0. The minimum atomic E-state index is 0. The third kappa shape index (κ3) is 5.81. The number of aromatic nitrogens is 1. The average molecular weight is 384 g/mol. The molecule has 0 saturated heterocycles. The Balaban J connectivity index is 0.00000261. The maximum atomic E-state index is 4.63. The molecule has 4 heteroatoms. The van der Waals surface area contributed by atoms with Crippen LogP contribution in [-0.4, -0.2) is 11.5 Å². The second-order valence-electron chi connectivity index (χ2n) is 7.57. The highest BCUT2D eigenvalue weighted by molar-refractivity contribution is 7.27. The molecule has 1 aromatic heterocycles. The third-order valence-corrected chi connectivity index (χ3v) is 5.48. The lowest BCUT2D eigenvalue weighted by atomic mass is 9.97. The molecule has 1 fully saturated rings. The molecule has 146 valence electrons. The lowest BCUT2D eigenvalue weighted by molar-refractivity contribution is 0.531. The van der Waals surface area contributed by atoms with E-state index >= 15 is 0 Å². The van der Waals surface area contributed by atoms with Crippen molar-refractivity contribution in [2.24, 2.45) is 5.92 Å². The van der Waals surface area contributed by atoms with Crippen molar-refractivity contribution < 1.29 is 0 Å². The summed E-state index contributed by atoms with van der Waals surface area (Å²) in [5.41, 5.74) is 4.44. The van der Waals surface area contributed by atoms with Crippen molar-refractivity contribution in [2.45, 2.75) is 52.9 Å². The number of nitrogens with one attached hydrogen (secondary N) is 2. The monoisotopic (exact) mass is 383 g/mol. The number of benzene rings is 1. The van der Waals surface area contributed by atoms with Crippen molar-refractivity contribution in [3.8, 4) is 0 Å². The van der Waals surface area contributed by atoms with Gasteiger partial charge in [-0.15, -0.1) is 9.24 Å². The number of anilines is 2. The van der Waals surface area contributed by atoms with Crippen LogP contribution < -0.4 is 15.9 Å². The summed E-state index contributed by atoms with van der Waals surface area (Å²) in [6.07, 6.45) is 7.37. The molecule has 1 aliphatic carbocycles. The molecule has 3 nitrogen and oxygen atoms in total. The molecule has 1 atom stereocenters. The summed E-state index contributed by atoms with van der Waals surface area (Å²) >= 11 is 0. The summed E-state index contributed by atoms with van der Waals surface area (Å²) < 4.78 is 0. The number of hydrogen-bond donors (Lipinski definition) is 2. The molecule has 2 aromatic rings. The van der Waals surface area contributed by atoms with Crippen molar-refractivity contribution in [1.29, 1.82) is 0 Å². The molecule has 0 aliphatic heterocycles. The van der Waals surface area contributed by atoms with Crippen LogP contribution in [0.5, 0.6) is 0 Å². The van der Waals surface area contributed by atoms with Crippen LogP contribution in [-0.2, 0) is 0 Å². The summed E-state index contributed by atoms with van der Waals surface area (Å²) in [6.45, 7) is 9.74. The molecule has 1 aromatic carbocycles. The molecule has 1 aliphatic rings. The Morgan fingerprint density at radius 3 is 2.67 bits per heavy atom. The Hall–Kier alpha value is -1.86. The van der Waals surface area contributed by atoms with Crippen molar-refractivity contribution in [3.05, 3.63) is 54.2 Å². The van der Waals surface area contributed by atoms with E-state index in [4.69, 9.17) is 0 Å².